The molecule has 84 valence electrons. The van der Waals surface area contributed by atoms with E-state index in [0.29, 0.717) is 16.8 Å². The average molecular weight is 330 g/mol. The van der Waals surface area contributed by atoms with Gasteiger partial charge < -0.3 is 0 Å². The van der Waals surface area contributed by atoms with E-state index in [1.54, 1.807) is 6.07 Å². The van der Waals surface area contributed by atoms with E-state index < -0.39 is 0 Å². The summed E-state index contributed by atoms with van der Waals surface area (Å²) in [6.45, 7) is 4.28. The predicted octanol–water partition coefficient (Wildman–Crippen LogP) is 5.69. The van der Waals surface area contributed by atoms with Crippen molar-refractivity contribution in [2.24, 2.45) is 5.92 Å². The summed E-state index contributed by atoms with van der Waals surface area (Å²) in [4.78, 5) is 0. The van der Waals surface area contributed by atoms with Gasteiger partial charge in [-0.3, -0.25) is 0 Å². The third-order valence-corrected chi connectivity index (χ3v) is 4.02. The van der Waals surface area contributed by atoms with Crippen LogP contribution in [0.2, 0.25) is 10.0 Å². The normalized spacial score (nSPS) is 11.1. The van der Waals surface area contributed by atoms with Crippen molar-refractivity contribution in [3.63, 3.8) is 0 Å². The van der Waals surface area contributed by atoms with Crippen LogP contribution in [0.1, 0.15) is 25.0 Å². The summed E-state index contributed by atoms with van der Waals surface area (Å²) in [5.41, 5.74) is 2.00. The number of rotatable bonds is 3. The second kappa shape index (κ2) is 5.77. The van der Waals surface area contributed by atoms with Crippen molar-refractivity contribution >= 4 is 50.7 Å². The predicted molar refractivity (Wildman–Crippen MR) is 72.3 cm³/mol. The molecule has 0 unspecified atom stereocenters. The van der Waals surface area contributed by atoms with E-state index in [-0.39, 0.29) is 0 Å². The highest BCUT2D eigenvalue weighted by Gasteiger charge is 2.15. The zero-order valence-corrected chi connectivity index (χ0v) is 12.4. The minimum absolute atomic E-state index is 0.397. The number of alkyl halides is 1. The third-order valence-electron chi connectivity index (χ3n) is 2.13. The molecule has 0 fully saturated rings. The van der Waals surface area contributed by atoms with Crippen LogP contribution in [0.5, 0.6) is 0 Å². The first-order valence-electron chi connectivity index (χ1n) is 4.68. The van der Waals surface area contributed by atoms with Crippen molar-refractivity contribution in [2.45, 2.75) is 26.1 Å². The van der Waals surface area contributed by atoms with Gasteiger partial charge in [0.05, 0.1) is 5.02 Å². The fourth-order valence-corrected chi connectivity index (χ4v) is 2.96. The van der Waals surface area contributed by atoms with Crippen LogP contribution < -0.4 is 0 Å². The first-order chi connectivity index (χ1) is 6.97. The van der Waals surface area contributed by atoms with Crippen molar-refractivity contribution in [3.05, 3.63) is 31.7 Å². The van der Waals surface area contributed by atoms with E-state index in [1.807, 2.05) is 0 Å². The Labute approximate surface area is 114 Å². The lowest BCUT2D eigenvalue weighted by Crippen LogP contribution is -2.01. The van der Waals surface area contributed by atoms with Crippen molar-refractivity contribution in [1.29, 1.82) is 0 Å². The first kappa shape index (κ1) is 13.6. The topological polar surface area (TPSA) is 0 Å². The molecule has 0 nitrogen and oxygen atoms in total. The number of benzene rings is 1. The Bertz CT molecular complexity index is 361. The molecule has 0 amide bonds. The summed E-state index contributed by atoms with van der Waals surface area (Å²) in [6.07, 6.45) is 0.889. The van der Waals surface area contributed by atoms with Gasteiger partial charge in [-0.1, -0.05) is 37.0 Å². The molecule has 1 aromatic carbocycles. The lowest BCUT2D eigenvalue weighted by Gasteiger charge is -2.14. The van der Waals surface area contributed by atoms with E-state index >= 15 is 0 Å². The molecular formula is C11H12BrCl3. The van der Waals surface area contributed by atoms with Crippen LogP contribution in [0.15, 0.2) is 10.5 Å². The van der Waals surface area contributed by atoms with Crippen molar-refractivity contribution < 1.29 is 0 Å². The molecule has 0 saturated heterocycles. The van der Waals surface area contributed by atoms with Crippen LogP contribution in [0.25, 0.3) is 0 Å². The van der Waals surface area contributed by atoms with Gasteiger partial charge in [0.1, 0.15) is 0 Å². The van der Waals surface area contributed by atoms with Crippen molar-refractivity contribution in [3.8, 4) is 0 Å². The Balaban J connectivity index is 3.30. The largest absolute Gasteiger partial charge is 0.121 e. The molecule has 1 rings (SSSR count). The molecule has 0 spiro atoms. The smallest absolute Gasteiger partial charge is 0.0584 e. The highest BCUT2D eigenvalue weighted by Crippen LogP contribution is 2.36. The van der Waals surface area contributed by atoms with Crippen LogP contribution in [0.4, 0.5) is 0 Å². The molecule has 0 atom stereocenters. The standard InChI is InChI=1S/C11H12BrCl3/c1-6(2)3-7-8(5-13)10(14)4-9(12)11(7)15/h4,6H,3,5H2,1-2H3. The monoisotopic (exact) mass is 328 g/mol. The lowest BCUT2D eigenvalue weighted by molar-refractivity contribution is 0.644. The SMILES string of the molecule is CC(C)Cc1c(Cl)c(Br)cc(Cl)c1CCl. The van der Waals surface area contributed by atoms with Crippen LogP contribution in [0, 0.1) is 5.92 Å². The highest BCUT2D eigenvalue weighted by molar-refractivity contribution is 9.10. The summed E-state index contributed by atoms with van der Waals surface area (Å²) >= 11 is 21.6. The Hall–Kier alpha value is 0.570. The van der Waals surface area contributed by atoms with Crippen LogP contribution in [0.3, 0.4) is 0 Å². The van der Waals surface area contributed by atoms with Crippen LogP contribution >= 0.6 is 50.7 Å². The van der Waals surface area contributed by atoms with Gasteiger partial charge in [0, 0.05) is 15.4 Å². The number of halogens is 4. The van der Waals surface area contributed by atoms with Gasteiger partial charge in [-0.15, -0.1) is 11.6 Å². The second-order valence-electron chi connectivity index (χ2n) is 3.84. The van der Waals surface area contributed by atoms with Gasteiger partial charge in [-0.05, 0) is 45.5 Å². The van der Waals surface area contributed by atoms with Gasteiger partial charge in [-0.2, -0.15) is 0 Å². The van der Waals surface area contributed by atoms with Gasteiger partial charge in [0.2, 0.25) is 0 Å². The highest BCUT2D eigenvalue weighted by atomic mass is 79.9. The van der Waals surface area contributed by atoms with Gasteiger partial charge in [0.25, 0.3) is 0 Å². The molecule has 0 heterocycles. The average Bonchev–Trinajstić information content (AvgIpc) is 2.13. The minimum atomic E-state index is 0.397. The van der Waals surface area contributed by atoms with Crippen LogP contribution in [-0.4, -0.2) is 0 Å². The Morgan fingerprint density at radius 1 is 1.27 bits per heavy atom. The Morgan fingerprint density at radius 2 is 1.87 bits per heavy atom. The molecule has 0 aromatic heterocycles. The van der Waals surface area contributed by atoms with Crippen molar-refractivity contribution in [2.75, 3.05) is 0 Å². The minimum Gasteiger partial charge on any atom is -0.121 e. The Kier molecular flexibility index (Phi) is 5.24. The molecule has 4 heteroatoms. The van der Waals surface area contributed by atoms with E-state index in [0.717, 1.165) is 27.0 Å². The Morgan fingerprint density at radius 3 is 2.33 bits per heavy atom. The maximum Gasteiger partial charge on any atom is 0.0584 e. The third kappa shape index (κ3) is 3.26. The maximum absolute atomic E-state index is 6.23. The molecule has 0 aliphatic heterocycles. The molecule has 0 aliphatic rings. The van der Waals surface area contributed by atoms with Gasteiger partial charge in [0.15, 0.2) is 0 Å². The molecule has 0 aliphatic carbocycles. The molecule has 0 N–H and O–H groups in total. The quantitative estimate of drug-likeness (QED) is 0.493. The van der Waals surface area contributed by atoms with Gasteiger partial charge in [-0.25, -0.2) is 0 Å². The van der Waals surface area contributed by atoms with E-state index in [4.69, 9.17) is 34.8 Å². The number of hydrogen-bond donors (Lipinski definition) is 0. The fourth-order valence-electron chi connectivity index (χ4n) is 1.45. The zero-order chi connectivity index (χ0) is 11.6. The summed E-state index contributed by atoms with van der Waals surface area (Å²) < 4.78 is 0.832. The maximum atomic E-state index is 6.23. The first-order valence-corrected chi connectivity index (χ1v) is 6.77. The van der Waals surface area contributed by atoms with Crippen LogP contribution in [-0.2, 0) is 12.3 Å². The van der Waals surface area contributed by atoms with Crippen molar-refractivity contribution in [1.82, 2.24) is 0 Å². The molecule has 15 heavy (non-hydrogen) atoms. The number of hydrogen-bond acceptors (Lipinski definition) is 0. The molecule has 0 saturated carbocycles. The fraction of sp³-hybridized carbons (Fsp3) is 0.455. The zero-order valence-electron chi connectivity index (χ0n) is 8.58. The molecule has 0 radical (unpaired) electrons. The van der Waals surface area contributed by atoms with E-state index in [9.17, 15) is 0 Å². The summed E-state index contributed by atoms with van der Waals surface area (Å²) in [5.74, 6) is 0.920. The molecular weight excluding hydrogens is 318 g/mol. The van der Waals surface area contributed by atoms with E-state index in [2.05, 4.69) is 29.8 Å². The lowest BCUT2D eigenvalue weighted by atomic mass is 9.98. The summed E-state index contributed by atoms with van der Waals surface area (Å²) in [5, 5.41) is 1.40. The summed E-state index contributed by atoms with van der Waals surface area (Å²) in [7, 11) is 0. The van der Waals surface area contributed by atoms with E-state index in [1.165, 1.54) is 0 Å². The second-order valence-corrected chi connectivity index (χ2v) is 5.75. The van der Waals surface area contributed by atoms with Gasteiger partial charge >= 0.3 is 0 Å². The molecule has 0 bridgehead atoms. The summed E-state index contributed by atoms with van der Waals surface area (Å²) in [6, 6.07) is 1.80. The molecule has 1 aromatic rings.